The molecular weight excluding hydrogens is 246 g/mol. The van der Waals surface area contributed by atoms with Crippen LogP contribution in [-0.2, 0) is 11.2 Å². The van der Waals surface area contributed by atoms with E-state index in [-0.39, 0.29) is 11.3 Å². The quantitative estimate of drug-likeness (QED) is 0.762. The summed E-state index contributed by atoms with van der Waals surface area (Å²) in [5.41, 5.74) is 2.97. The molecule has 0 aromatic heterocycles. The molecule has 0 bridgehead atoms. The van der Waals surface area contributed by atoms with Crippen LogP contribution in [0.2, 0.25) is 0 Å². The third-order valence-electron chi connectivity index (χ3n) is 3.30. The minimum atomic E-state index is -0.377. The molecule has 0 N–H and O–H groups in total. The highest BCUT2D eigenvalue weighted by molar-refractivity contribution is 5.97. The number of benzene rings is 1. The van der Waals surface area contributed by atoms with E-state index in [1.807, 2.05) is 40.8 Å². The Balaban J connectivity index is 3.14. The Morgan fingerprint density at radius 2 is 1.95 bits per heavy atom. The van der Waals surface area contributed by atoms with E-state index in [1.54, 1.807) is 4.90 Å². The van der Waals surface area contributed by atoms with Gasteiger partial charge in [0.1, 0.15) is 0 Å². The van der Waals surface area contributed by atoms with E-state index in [1.165, 1.54) is 5.56 Å². The topological polar surface area (TPSA) is 20.3 Å². The van der Waals surface area contributed by atoms with Crippen molar-refractivity contribution in [2.24, 2.45) is 5.41 Å². The molecule has 0 unspecified atom stereocenters. The number of carbonyl (C=O) groups is 1. The average Bonchev–Trinajstić information content (AvgIpc) is 2.36. The monoisotopic (exact) mass is 271 g/mol. The van der Waals surface area contributed by atoms with Gasteiger partial charge in [-0.3, -0.25) is 4.79 Å². The predicted molar refractivity (Wildman–Crippen MR) is 85.8 cm³/mol. The van der Waals surface area contributed by atoms with Crippen molar-refractivity contribution >= 4 is 11.6 Å². The van der Waals surface area contributed by atoms with Crippen molar-refractivity contribution in [2.45, 2.75) is 47.5 Å². The lowest BCUT2D eigenvalue weighted by molar-refractivity contribution is -0.125. The fraction of sp³-hybridized carbons (Fsp3) is 0.500. The van der Waals surface area contributed by atoms with Gasteiger partial charge in [-0.15, -0.1) is 11.8 Å². The van der Waals surface area contributed by atoms with Crippen LogP contribution < -0.4 is 4.90 Å². The second kappa shape index (κ2) is 6.61. The van der Waals surface area contributed by atoms with Gasteiger partial charge in [0.2, 0.25) is 5.91 Å². The zero-order valence-electron chi connectivity index (χ0n) is 13.5. The summed E-state index contributed by atoms with van der Waals surface area (Å²) in [5, 5.41) is 0. The van der Waals surface area contributed by atoms with E-state index in [0.717, 1.165) is 24.1 Å². The maximum absolute atomic E-state index is 12.5. The lowest BCUT2D eigenvalue weighted by atomic mass is 9.93. The minimum absolute atomic E-state index is 0.134. The molecule has 0 aliphatic heterocycles. The maximum Gasteiger partial charge on any atom is 0.232 e. The molecule has 1 rings (SSSR count). The third kappa shape index (κ3) is 3.87. The fourth-order valence-corrected chi connectivity index (χ4v) is 2.33. The Labute approximate surface area is 123 Å². The maximum atomic E-state index is 12.5. The van der Waals surface area contributed by atoms with E-state index in [4.69, 9.17) is 0 Å². The summed E-state index contributed by atoms with van der Waals surface area (Å²) in [5.74, 6) is 6.14. The van der Waals surface area contributed by atoms with Gasteiger partial charge in [-0.2, -0.15) is 0 Å². The second-order valence-electron chi connectivity index (χ2n) is 6.12. The van der Waals surface area contributed by atoms with E-state index >= 15 is 0 Å². The fourth-order valence-electron chi connectivity index (χ4n) is 2.33. The minimum Gasteiger partial charge on any atom is -0.314 e. The molecular formula is C18H25NO. The zero-order valence-corrected chi connectivity index (χ0v) is 13.5. The summed E-state index contributed by atoms with van der Waals surface area (Å²) < 4.78 is 0. The number of carbonyl (C=O) groups excluding carboxylic acids is 1. The van der Waals surface area contributed by atoms with E-state index in [9.17, 15) is 4.79 Å². The van der Waals surface area contributed by atoms with Crippen LogP contribution in [0.5, 0.6) is 0 Å². The van der Waals surface area contributed by atoms with E-state index in [2.05, 4.69) is 30.9 Å². The summed E-state index contributed by atoms with van der Waals surface area (Å²) in [6.07, 6.45) is 1.70. The molecule has 108 valence electrons. The number of rotatable bonds is 3. The molecule has 0 radical (unpaired) electrons. The molecule has 0 saturated carbocycles. The molecule has 1 aromatic carbocycles. The lowest BCUT2D eigenvalue weighted by Crippen LogP contribution is -2.37. The highest BCUT2D eigenvalue weighted by atomic mass is 16.2. The van der Waals surface area contributed by atoms with Crippen LogP contribution in [0.1, 0.15) is 45.2 Å². The van der Waals surface area contributed by atoms with Crippen molar-refractivity contribution in [3.63, 3.8) is 0 Å². The van der Waals surface area contributed by atoms with Gasteiger partial charge in [0.05, 0.1) is 0 Å². The number of hydrogen-bond donors (Lipinski definition) is 0. The molecule has 20 heavy (non-hydrogen) atoms. The lowest BCUT2D eigenvalue weighted by Gasteiger charge is -2.29. The summed E-state index contributed by atoms with van der Waals surface area (Å²) in [7, 11) is 1.87. The molecule has 0 aliphatic carbocycles. The molecule has 2 nitrogen and oxygen atoms in total. The molecule has 0 fully saturated rings. The zero-order chi connectivity index (χ0) is 15.3. The van der Waals surface area contributed by atoms with Crippen molar-refractivity contribution in [2.75, 3.05) is 11.9 Å². The van der Waals surface area contributed by atoms with Crippen LogP contribution in [0.15, 0.2) is 18.2 Å². The molecule has 0 atom stereocenters. The number of aryl methyl sites for hydroxylation is 2. The highest BCUT2D eigenvalue weighted by Crippen LogP contribution is 2.29. The SMILES string of the molecule is CC#CCCc1cccc(C)c1N(C)C(=O)C(C)(C)C. The number of anilines is 1. The summed E-state index contributed by atoms with van der Waals surface area (Å²) in [6.45, 7) is 9.76. The summed E-state index contributed by atoms with van der Waals surface area (Å²) in [4.78, 5) is 14.3. The van der Waals surface area contributed by atoms with Crippen molar-refractivity contribution < 1.29 is 4.79 Å². The van der Waals surface area contributed by atoms with Gasteiger partial charge < -0.3 is 4.90 Å². The van der Waals surface area contributed by atoms with Crippen molar-refractivity contribution in [3.05, 3.63) is 29.3 Å². The molecule has 0 heterocycles. The number of para-hydroxylation sites is 1. The first-order valence-corrected chi connectivity index (χ1v) is 7.05. The standard InChI is InChI=1S/C18H25NO/c1-7-8-9-12-15-13-10-11-14(2)16(15)19(6)17(20)18(3,4)5/h10-11,13H,9,12H2,1-6H3. The molecule has 0 saturated heterocycles. The number of amides is 1. The van der Waals surface area contributed by atoms with Gasteiger partial charge >= 0.3 is 0 Å². The first kappa shape index (κ1) is 16.3. The summed E-state index contributed by atoms with van der Waals surface area (Å²) in [6, 6.07) is 6.19. The van der Waals surface area contributed by atoms with Gasteiger partial charge in [-0.1, -0.05) is 39.0 Å². The van der Waals surface area contributed by atoms with Crippen LogP contribution in [0.25, 0.3) is 0 Å². The van der Waals surface area contributed by atoms with Gasteiger partial charge in [0, 0.05) is 24.6 Å². The van der Waals surface area contributed by atoms with Crippen LogP contribution in [0.4, 0.5) is 5.69 Å². The van der Waals surface area contributed by atoms with Crippen LogP contribution in [-0.4, -0.2) is 13.0 Å². The molecule has 0 aliphatic rings. The Bertz CT molecular complexity index is 541. The van der Waals surface area contributed by atoms with Gasteiger partial charge in [-0.05, 0) is 31.4 Å². The highest BCUT2D eigenvalue weighted by Gasteiger charge is 2.27. The molecule has 0 spiro atoms. The van der Waals surface area contributed by atoms with Gasteiger partial charge in [0.15, 0.2) is 0 Å². The third-order valence-corrected chi connectivity index (χ3v) is 3.30. The van der Waals surface area contributed by atoms with E-state index < -0.39 is 0 Å². The van der Waals surface area contributed by atoms with Gasteiger partial charge in [0.25, 0.3) is 0 Å². The Morgan fingerprint density at radius 3 is 2.50 bits per heavy atom. The van der Waals surface area contributed by atoms with Crippen molar-refractivity contribution in [1.29, 1.82) is 0 Å². The van der Waals surface area contributed by atoms with Gasteiger partial charge in [-0.25, -0.2) is 0 Å². The van der Waals surface area contributed by atoms with Crippen LogP contribution in [0.3, 0.4) is 0 Å². The Morgan fingerprint density at radius 1 is 1.30 bits per heavy atom. The second-order valence-corrected chi connectivity index (χ2v) is 6.12. The van der Waals surface area contributed by atoms with Crippen LogP contribution >= 0.6 is 0 Å². The molecule has 2 heteroatoms. The number of nitrogens with zero attached hydrogens (tertiary/aromatic N) is 1. The normalized spacial score (nSPS) is 10.7. The first-order valence-electron chi connectivity index (χ1n) is 7.05. The van der Waals surface area contributed by atoms with Crippen LogP contribution in [0, 0.1) is 24.2 Å². The average molecular weight is 271 g/mol. The number of hydrogen-bond acceptors (Lipinski definition) is 1. The predicted octanol–water partition coefficient (Wildman–Crippen LogP) is 3.96. The smallest absolute Gasteiger partial charge is 0.232 e. The molecule has 1 aromatic rings. The van der Waals surface area contributed by atoms with E-state index in [0.29, 0.717) is 0 Å². The molecule has 1 amide bonds. The Hall–Kier alpha value is -1.75. The first-order chi connectivity index (χ1) is 9.29. The summed E-state index contributed by atoms with van der Waals surface area (Å²) >= 11 is 0. The largest absolute Gasteiger partial charge is 0.314 e. The van der Waals surface area contributed by atoms with Crippen molar-refractivity contribution in [1.82, 2.24) is 0 Å². The Kier molecular flexibility index (Phi) is 5.39. The van der Waals surface area contributed by atoms with Crippen molar-refractivity contribution in [3.8, 4) is 11.8 Å².